The minimum Gasteiger partial charge on any atom is -0.354 e. The fourth-order valence-corrected chi connectivity index (χ4v) is 5.30. The van der Waals surface area contributed by atoms with Crippen molar-refractivity contribution in [3.05, 3.63) is 96.6 Å². The Balaban J connectivity index is 1.91. The smallest absolute Gasteiger partial charge is 0.264 e. The highest BCUT2D eigenvalue weighted by Gasteiger charge is 2.32. The van der Waals surface area contributed by atoms with Gasteiger partial charge in [-0.2, -0.15) is 0 Å². The Morgan fingerprint density at radius 2 is 1.35 bits per heavy atom. The minimum absolute atomic E-state index is 0.0882. The van der Waals surface area contributed by atoms with Crippen molar-refractivity contribution >= 4 is 27.5 Å². The van der Waals surface area contributed by atoms with Gasteiger partial charge in [0, 0.05) is 13.1 Å². The first-order valence-electron chi connectivity index (χ1n) is 12.4. The summed E-state index contributed by atoms with van der Waals surface area (Å²) in [7, 11) is -4.03. The number of para-hydroxylation sites is 1. The molecule has 0 heterocycles. The van der Waals surface area contributed by atoms with Gasteiger partial charge in [0.15, 0.2) is 0 Å². The molecule has 196 valence electrons. The summed E-state index contributed by atoms with van der Waals surface area (Å²) in [5.74, 6) is -0.465. The molecule has 0 unspecified atom stereocenters. The van der Waals surface area contributed by atoms with Crippen LogP contribution < -0.4 is 9.62 Å². The molecule has 3 aromatic rings. The van der Waals surface area contributed by atoms with Crippen LogP contribution in [0, 0.1) is 5.92 Å². The van der Waals surface area contributed by atoms with Crippen molar-refractivity contribution in [2.24, 2.45) is 5.92 Å². The monoisotopic (exact) mass is 521 g/mol. The molecule has 0 saturated heterocycles. The Labute approximate surface area is 220 Å². The number of anilines is 1. The molecule has 1 atom stereocenters. The van der Waals surface area contributed by atoms with Crippen molar-refractivity contribution in [3.8, 4) is 0 Å². The summed E-state index contributed by atoms with van der Waals surface area (Å²) in [4.78, 5) is 28.3. The normalized spacial score (nSPS) is 12.1. The lowest BCUT2D eigenvalue weighted by atomic mass is 10.1. The van der Waals surface area contributed by atoms with E-state index in [-0.39, 0.29) is 23.3 Å². The first-order valence-corrected chi connectivity index (χ1v) is 13.9. The first-order chi connectivity index (χ1) is 17.7. The van der Waals surface area contributed by atoms with E-state index < -0.39 is 28.5 Å². The Kier molecular flexibility index (Phi) is 9.85. The number of hydrogen-bond acceptors (Lipinski definition) is 4. The van der Waals surface area contributed by atoms with Gasteiger partial charge in [0.2, 0.25) is 11.8 Å². The van der Waals surface area contributed by atoms with Crippen LogP contribution in [0.25, 0.3) is 0 Å². The van der Waals surface area contributed by atoms with Crippen molar-refractivity contribution in [1.29, 1.82) is 0 Å². The van der Waals surface area contributed by atoms with Gasteiger partial charge in [0.1, 0.15) is 12.6 Å². The van der Waals surface area contributed by atoms with E-state index >= 15 is 0 Å². The molecule has 0 bridgehead atoms. The van der Waals surface area contributed by atoms with Gasteiger partial charge < -0.3 is 10.2 Å². The van der Waals surface area contributed by atoms with Crippen molar-refractivity contribution in [1.82, 2.24) is 10.2 Å². The highest BCUT2D eigenvalue weighted by Crippen LogP contribution is 2.24. The molecule has 3 rings (SSSR count). The molecule has 0 spiro atoms. The van der Waals surface area contributed by atoms with Crippen LogP contribution in [-0.2, 0) is 26.0 Å². The van der Waals surface area contributed by atoms with E-state index in [1.165, 1.54) is 17.0 Å². The van der Waals surface area contributed by atoms with E-state index in [0.29, 0.717) is 18.7 Å². The van der Waals surface area contributed by atoms with E-state index in [2.05, 4.69) is 5.32 Å². The number of hydrogen-bond donors (Lipinski definition) is 1. The second kappa shape index (κ2) is 13.1. The van der Waals surface area contributed by atoms with Gasteiger partial charge in [-0.1, -0.05) is 80.6 Å². The number of amides is 2. The molecule has 2 amide bonds. The van der Waals surface area contributed by atoms with E-state index in [1.807, 2.05) is 44.2 Å². The Morgan fingerprint density at radius 3 is 1.92 bits per heavy atom. The Hall–Kier alpha value is -3.65. The summed E-state index contributed by atoms with van der Waals surface area (Å²) >= 11 is 0. The topological polar surface area (TPSA) is 86.8 Å². The lowest BCUT2D eigenvalue weighted by Gasteiger charge is -2.32. The number of carbonyl (C=O) groups is 2. The van der Waals surface area contributed by atoms with Crippen molar-refractivity contribution in [2.75, 3.05) is 23.9 Å². The van der Waals surface area contributed by atoms with Gasteiger partial charge in [-0.25, -0.2) is 8.42 Å². The third-order valence-electron chi connectivity index (χ3n) is 5.99. The zero-order valence-corrected chi connectivity index (χ0v) is 22.4. The first kappa shape index (κ1) is 27.9. The van der Waals surface area contributed by atoms with E-state index in [4.69, 9.17) is 0 Å². The maximum Gasteiger partial charge on any atom is 0.264 e. The predicted octanol–water partition coefficient (Wildman–Crippen LogP) is 4.11. The summed E-state index contributed by atoms with van der Waals surface area (Å²) in [5.41, 5.74) is 1.39. The molecule has 0 radical (unpaired) electrons. The van der Waals surface area contributed by atoms with Gasteiger partial charge >= 0.3 is 0 Å². The van der Waals surface area contributed by atoms with Crippen molar-refractivity contribution in [2.45, 2.75) is 38.1 Å². The fourth-order valence-electron chi connectivity index (χ4n) is 3.87. The zero-order chi connectivity index (χ0) is 26.8. The average Bonchev–Trinajstić information content (AvgIpc) is 2.91. The molecular weight excluding hydrogens is 486 g/mol. The molecule has 3 aromatic carbocycles. The number of carbonyl (C=O) groups excluding carboxylic acids is 2. The quantitative estimate of drug-likeness (QED) is 0.389. The van der Waals surface area contributed by atoms with Crippen LogP contribution in [0.15, 0.2) is 95.9 Å². The van der Waals surface area contributed by atoms with Crippen LogP contribution in [-0.4, -0.2) is 50.8 Å². The highest BCUT2D eigenvalue weighted by molar-refractivity contribution is 7.92. The molecule has 1 N–H and O–H groups in total. The van der Waals surface area contributed by atoms with Crippen molar-refractivity contribution < 1.29 is 18.0 Å². The molecular formula is C29H35N3O4S. The molecule has 0 saturated carbocycles. The van der Waals surface area contributed by atoms with Gasteiger partial charge in [0.25, 0.3) is 10.0 Å². The predicted molar refractivity (Wildman–Crippen MR) is 147 cm³/mol. The molecule has 0 fully saturated rings. The number of nitrogens with one attached hydrogen (secondary N) is 1. The number of nitrogens with zero attached hydrogens (tertiary/aromatic N) is 2. The number of benzene rings is 3. The summed E-state index contributed by atoms with van der Waals surface area (Å²) in [6, 6.07) is 25.5. The highest BCUT2D eigenvalue weighted by atomic mass is 32.2. The standard InChI is InChI=1S/C29H35N3O4S/c1-23(2)21-30-29(34)24(3)31(20-19-25-13-7-4-8-14-25)28(33)22-32(26-15-9-5-10-16-26)37(35,36)27-17-11-6-12-18-27/h4-18,23-24H,19-22H2,1-3H3,(H,30,34)/t24-/m1/s1. The molecule has 7 nitrogen and oxygen atoms in total. The summed E-state index contributed by atoms with van der Waals surface area (Å²) in [6.07, 6.45) is 0.533. The van der Waals surface area contributed by atoms with E-state index in [1.54, 1.807) is 55.5 Å². The van der Waals surface area contributed by atoms with Gasteiger partial charge in [-0.05, 0) is 49.1 Å². The summed E-state index contributed by atoms with van der Waals surface area (Å²) < 4.78 is 28.4. The van der Waals surface area contributed by atoms with Gasteiger partial charge in [-0.15, -0.1) is 0 Å². The minimum atomic E-state index is -4.03. The van der Waals surface area contributed by atoms with E-state index in [0.717, 1.165) is 9.87 Å². The lowest BCUT2D eigenvalue weighted by Crippen LogP contribution is -2.52. The summed E-state index contributed by atoms with van der Waals surface area (Å²) in [6.45, 7) is 6.00. The molecule has 0 aromatic heterocycles. The van der Waals surface area contributed by atoms with Crippen LogP contribution in [0.4, 0.5) is 5.69 Å². The maximum absolute atomic E-state index is 13.8. The average molecular weight is 522 g/mol. The van der Waals surface area contributed by atoms with Crippen LogP contribution in [0.2, 0.25) is 0 Å². The van der Waals surface area contributed by atoms with Crippen LogP contribution in [0.5, 0.6) is 0 Å². The third-order valence-corrected chi connectivity index (χ3v) is 7.78. The van der Waals surface area contributed by atoms with Gasteiger partial charge in [-0.3, -0.25) is 13.9 Å². The van der Waals surface area contributed by atoms with E-state index in [9.17, 15) is 18.0 Å². The number of sulfonamides is 1. The number of rotatable bonds is 12. The van der Waals surface area contributed by atoms with Crippen LogP contribution >= 0.6 is 0 Å². The molecule has 0 aliphatic carbocycles. The SMILES string of the molecule is CC(C)CNC(=O)[C@@H](C)N(CCc1ccccc1)C(=O)CN(c1ccccc1)S(=O)(=O)c1ccccc1. The second-order valence-corrected chi connectivity index (χ2v) is 11.2. The molecule has 37 heavy (non-hydrogen) atoms. The molecule has 8 heteroatoms. The van der Waals surface area contributed by atoms with Crippen LogP contribution in [0.1, 0.15) is 26.3 Å². The molecule has 0 aliphatic heterocycles. The van der Waals surface area contributed by atoms with Gasteiger partial charge in [0.05, 0.1) is 10.6 Å². The maximum atomic E-state index is 13.8. The summed E-state index contributed by atoms with van der Waals surface area (Å²) in [5, 5.41) is 2.89. The molecule has 0 aliphatic rings. The lowest BCUT2D eigenvalue weighted by molar-refractivity contribution is -0.138. The second-order valence-electron chi connectivity index (χ2n) is 9.30. The Bertz CT molecular complexity index is 1250. The Morgan fingerprint density at radius 1 is 0.811 bits per heavy atom. The third kappa shape index (κ3) is 7.67. The zero-order valence-electron chi connectivity index (χ0n) is 21.6. The largest absolute Gasteiger partial charge is 0.354 e. The van der Waals surface area contributed by atoms with Crippen molar-refractivity contribution in [3.63, 3.8) is 0 Å². The fraction of sp³-hybridized carbons (Fsp3) is 0.310. The van der Waals surface area contributed by atoms with Crippen LogP contribution in [0.3, 0.4) is 0 Å².